The van der Waals surface area contributed by atoms with Crippen molar-refractivity contribution in [2.75, 3.05) is 0 Å². The second kappa shape index (κ2) is 10.8. The monoisotopic (exact) mass is 612 g/mol. The average molecular weight is 613 g/mol. The maximum atomic E-state index is 9.49. The van der Waals surface area contributed by atoms with Gasteiger partial charge in [0.2, 0.25) is 5.71 Å². The van der Waals surface area contributed by atoms with Gasteiger partial charge in [0.15, 0.2) is 0 Å². The Hall–Kier alpha value is -4.48. The van der Waals surface area contributed by atoms with Gasteiger partial charge in [-0.2, -0.15) is 0 Å². The molecule has 45 heavy (non-hydrogen) atoms. The second-order valence-electron chi connectivity index (χ2n) is 13.3. The van der Waals surface area contributed by atoms with Crippen molar-refractivity contribution in [1.82, 2.24) is 14.5 Å². The lowest BCUT2D eigenvalue weighted by atomic mass is 9.88. The van der Waals surface area contributed by atoms with Crippen molar-refractivity contribution < 1.29 is 11.3 Å². The molecular formula is C40H41N3OSi. The fourth-order valence-electron chi connectivity index (χ4n) is 6.26. The normalized spacial score (nSPS) is 14.8. The molecule has 5 heteroatoms. The maximum Gasteiger partial charge on any atom is 0.227 e. The van der Waals surface area contributed by atoms with Gasteiger partial charge in [-0.15, -0.1) is 0 Å². The standard InChI is InChI=1S/C40H41N3OSi/c1-24(2)33-22-28(27-17-19-29(20-18-27)45(6,7)8)23-34(25(3)4)37(33)43-36-15-10-9-14-35(36)42-39(43)32-13-11-12-30-31-21-16-26(5)41-40(31)44-38(30)32/h9-25H,1-8H3/i5D3,24D,25D. The molecule has 0 spiro atoms. The van der Waals surface area contributed by atoms with E-state index in [1.165, 1.54) is 11.3 Å². The number of aromatic nitrogens is 3. The van der Waals surface area contributed by atoms with E-state index >= 15 is 0 Å². The zero-order valence-electron chi connectivity index (χ0n) is 31.9. The van der Waals surface area contributed by atoms with Crippen molar-refractivity contribution in [3.05, 3.63) is 108 Å². The Kier molecular flexibility index (Phi) is 5.75. The van der Waals surface area contributed by atoms with E-state index in [4.69, 9.17) is 13.5 Å². The van der Waals surface area contributed by atoms with Crippen molar-refractivity contribution in [3.63, 3.8) is 0 Å². The third-order valence-electron chi connectivity index (χ3n) is 8.66. The lowest BCUT2D eigenvalue weighted by Crippen LogP contribution is -2.37. The van der Waals surface area contributed by atoms with Crippen molar-refractivity contribution in [2.24, 2.45) is 0 Å². The van der Waals surface area contributed by atoms with Crippen LogP contribution in [0.3, 0.4) is 0 Å². The number of aryl methyl sites for hydroxylation is 1. The molecule has 4 aromatic carbocycles. The smallest absolute Gasteiger partial charge is 0.227 e. The molecule has 0 radical (unpaired) electrons. The summed E-state index contributed by atoms with van der Waals surface area (Å²) in [5, 5.41) is 2.88. The van der Waals surface area contributed by atoms with Crippen LogP contribution in [-0.4, -0.2) is 22.6 Å². The van der Waals surface area contributed by atoms with E-state index in [1.54, 1.807) is 6.07 Å². The van der Waals surface area contributed by atoms with Gasteiger partial charge in [-0.25, -0.2) is 9.97 Å². The van der Waals surface area contributed by atoms with E-state index in [0.29, 0.717) is 22.4 Å². The molecule has 7 rings (SSSR count). The van der Waals surface area contributed by atoms with E-state index in [0.717, 1.165) is 44.4 Å². The summed E-state index contributed by atoms with van der Waals surface area (Å²) in [6.07, 6.45) is 0. The minimum Gasteiger partial charge on any atom is -0.437 e. The summed E-state index contributed by atoms with van der Waals surface area (Å²) in [4.78, 5) is 9.56. The highest BCUT2D eigenvalue weighted by atomic mass is 28.3. The van der Waals surface area contributed by atoms with Gasteiger partial charge in [0, 0.05) is 23.3 Å². The first-order valence-corrected chi connectivity index (χ1v) is 18.9. The molecule has 0 saturated heterocycles. The summed E-state index contributed by atoms with van der Waals surface area (Å²) in [5.41, 5.74) is 7.32. The number of rotatable bonds is 6. The molecule has 3 aromatic heterocycles. The number of hydrogen-bond acceptors (Lipinski definition) is 3. The molecule has 0 unspecified atom stereocenters. The van der Waals surface area contributed by atoms with Crippen molar-refractivity contribution in [3.8, 4) is 28.2 Å². The van der Waals surface area contributed by atoms with Crippen molar-refractivity contribution in [2.45, 2.75) is 66.0 Å². The first kappa shape index (κ1) is 23.8. The Morgan fingerprint density at radius 3 is 2.13 bits per heavy atom. The van der Waals surface area contributed by atoms with Gasteiger partial charge in [0.05, 0.1) is 30.4 Å². The molecule has 0 bridgehead atoms. The molecule has 0 saturated carbocycles. The fourth-order valence-corrected chi connectivity index (χ4v) is 7.42. The Morgan fingerprint density at radius 2 is 1.47 bits per heavy atom. The Bertz CT molecular complexity index is 2390. The molecule has 0 N–H and O–H groups in total. The Labute approximate surface area is 273 Å². The molecular weight excluding hydrogens is 567 g/mol. The number of hydrogen-bond donors (Lipinski definition) is 0. The SMILES string of the molecule is [2H]C([2H])([2H])c1ccc2c(n1)oc1c(-c3nc4ccccc4n3-c3c(C([2H])(C)C)cc(-c4ccc([Si](C)(C)C)cc4)cc3C([2H])(C)C)cccc12. The Morgan fingerprint density at radius 1 is 0.756 bits per heavy atom. The zero-order valence-corrected chi connectivity index (χ0v) is 27.9. The van der Waals surface area contributed by atoms with Crippen LogP contribution in [0.1, 0.15) is 63.2 Å². The number of benzene rings is 4. The zero-order chi connectivity index (χ0) is 36.0. The van der Waals surface area contributed by atoms with Gasteiger partial charge < -0.3 is 4.42 Å². The van der Waals surface area contributed by atoms with Crippen LogP contribution in [0.15, 0.2) is 95.4 Å². The van der Waals surface area contributed by atoms with E-state index < -0.39 is 26.7 Å². The number of nitrogens with zero attached hydrogens (tertiary/aromatic N) is 3. The van der Waals surface area contributed by atoms with E-state index in [-0.39, 0.29) is 11.4 Å². The summed E-state index contributed by atoms with van der Waals surface area (Å²) in [6, 6.07) is 29.9. The quantitative estimate of drug-likeness (QED) is 0.176. The molecule has 0 aliphatic heterocycles. The van der Waals surface area contributed by atoms with Crippen molar-refractivity contribution in [1.29, 1.82) is 0 Å². The molecule has 7 aromatic rings. The molecule has 0 aliphatic carbocycles. The molecule has 226 valence electrons. The van der Waals surface area contributed by atoms with Crippen LogP contribution in [0.5, 0.6) is 0 Å². The van der Waals surface area contributed by atoms with Crippen molar-refractivity contribution >= 4 is 46.4 Å². The summed E-state index contributed by atoms with van der Waals surface area (Å²) < 4.78 is 51.1. The fraction of sp³-hybridized carbons (Fsp3) is 0.250. The molecule has 0 fully saturated rings. The van der Waals surface area contributed by atoms with Gasteiger partial charge in [0.1, 0.15) is 11.4 Å². The van der Waals surface area contributed by atoms with Gasteiger partial charge in [0.25, 0.3) is 0 Å². The maximum absolute atomic E-state index is 9.49. The second-order valence-corrected chi connectivity index (χ2v) is 18.4. The largest absolute Gasteiger partial charge is 0.437 e. The predicted molar refractivity (Wildman–Crippen MR) is 193 cm³/mol. The van der Waals surface area contributed by atoms with Crippen LogP contribution < -0.4 is 5.19 Å². The van der Waals surface area contributed by atoms with E-state index in [1.807, 2.05) is 70.2 Å². The van der Waals surface area contributed by atoms with Crippen LogP contribution in [-0.2, 0) is 0 Å². The lowest BCUT2D eigenvalue weighted by molar-refractivity contribution is 0.653. The first-order valence-electron chi connectivity index (χ1n) is 17.9. The molecule has 4 nitrogen and oxygen atoms in total. The summed E-state index contributed by atoms with van der Waals surface area (Å²) >= 11 is 0. The number of fused-ring (bicyclic) bond motifs is 4. The predicted octanol–water partition coefficient (Wildman–Crippen LogP) is 10.8. The number of furan rings is 1. The highest BCUT2D eigenvalue weighted by Gasteiger charge is 2.25. The minimum absolute atomic E-state index is 0.0299. The third kappa shape index (κ3) is 5.00. The lowest BCUT2D eigenvalue weighted by Gasteiger charge is -2.24. The molecule has 0 aliphatic rings. The minimum atomic E-state index is -2.37. The molecule has 0 atom stereocenters. The highest BCUT2D eigenvalue weighted by Crippen LogP contribution is 2.42. The summed E-state index contributed by atoms with van der Waals surface area (Å²) in [5.74, 6) is -1.50. The topological polar surface area (TPSA) is 43.9 Å². The van der Waals surface area contributed by atoms with Gasteiger partial charge in [-0.3, -0.25) is 4.57 Å². The Balaban J connectivity index is 1.55. The van der Waals surface area contributed by atoms with Gasteiger partial charge in [-0.1, -0.05) is 101 Å². The van der Waals surface area contributed by atoms with Crippen LogP contribution in [0.4, 0.5) is 0 Å². The third-order valence-corrected chi connectivity index (χ3v) is 10.7. The number of imidazole rings is 1. The average Bonchev–Trinajstić information content (AvgIpc) is 3.61. The van der Waals surface area contributed by atoms with E-state index in [2.05, 4.69) is 65.6 Å². The van der Waals surface area contributed by atoms with Gasteiger partial charge in [-0.05, 0) is 83.4 Å². The van der Waals surface area contributed by atoms with Crippen LogP contribution >= 0.6 is 0 Å². The summed E-state index contributed by atoms with van der Waals surface area (Å²) in [6.45, 7) is 12.2. The highest BCUT2D eigenvalue weighted by molar-refractivity contribution is 6.88. The first-order chi connectivity index (χ1) is 23.3. The number of pyridine rings is 1. The van der Waals surface area contributed by atoms with Crippen LogP contribution in [0, 0.1) is 6.85 Å². The molecule has 3 heterocycles. The molecule has 0 amide bonds. The van der Waals surface area contributed by atoms with Crippen LogP contribution in [0.25, 0.3) is 61.3 Å². The summed E-state index contributed by atoms with van der Waals surface area (Å²) in [7, 11) is -1.50. The van der Waals surface area contributed by atoms with Gasteiger partial charge >= 0.3 is 0 Å². The number of para-hydroxylation sites is 3. The van der Waals surface area contributed by atoms with E-state index in [9.17, 15) is 2.74 Å². The van der Waals surface area contributed by atoms with Crippen LogP contribution in [0.2, 0.25) is 19.6 Å².